The smallest absolute Gasteiger partial charge is 0.426 e. The van der Waals surface area contributed by atoms with Gasteiger partial charge in [-0.2, -0.15) is 13.2 Å². The topological polar surface area (TPSA) is 78.9 Å². The van der Waals surface area contributed by atoms with Gasteiger partial charge in [-0.3, -0.25) is 0 Å². The average molecular weight is 368 g/mol. The van der Waals surface area contributed by atoms with E-state index in [1.807, 2.05) is 0 Å². The lowest BCUT2D eigenvalue weighted by Crippen LogP contribution is -2.18. The molecular formula is C14H15F3O6S. The minimum atomic E-state index is -4.96. The van der Waals surface area contributed by atoms with Crippen LogP contribution in [0.2, 0.25) is 0 Å². The van der Waals surface area contributed by atoms with E-state index in [0.717, 1.165) is 0 Å². The first-order valence-corrected chi connectivity index (χ1v) is 7.75. The molecule has 1 aromatic heterocycles. The van der Waals surface area contributed by atoms with E-state index in [4.69, 9.17) is 0 Å². The van der Waals surface area contributed by atoms with Gasteiger partial charge in [-0.15, -0.1) is 11.3 Å². The maximum atomic E-state index is 13.2. The van der Waals surface area contributed by atoms with Crippen molar-refractivity contribution in [3.8, 4) is 0 Å². The summed E-state index contributed by atoms with van der Waals surface area (Å²) in [4.78, 5) is 33.9. The molecule has 0 aliphatic carbocycles. The van der Waals surface area contributed by atoms with Crippen molar-refractivity contribution >= 4 is 29.2 Å². The Morgan fingerprint density at radius 1 is 0.833 bits per heavy atom. The van der Waals surface area contributed by atoms with Crippen LogP contribution in [0.15, 0.2) is 0 Å². The zero-order valence-corrected chi connectivity index (χ0v) is 13.9. The van der Waals surface area contributed by atoms with Crippen molar-refractivity contribution in [3.05, 3.63) is 20.9 Å². The minimum absolute atomic E-state index is 0.0517. The third-order valence-corrected chi connectivity index (χ3v) is 3.80. The second-order valence-electron chi connectivity index (χ2n) is 4.17. The van der Waals surface area contributed by atoms with Crippen LogP contribution in [0.1, 0.15) is 56.0 Å². The predicted octanol–water partition coefficient (Wildman–Crippen LogP) is 3.30. The highest BCUT2D eigenvalue weighted by Gasteiger charge is 2.44. The van der Waals surface area contributed by atoms with E-state index in [1.165, 1.54) is 20.8 Å². The molecule has 134 valence electrons. The van der Waals surface area contributed by atoms with E-state index in [9.17, 15) is 27.6 Å². The van der Waals surface area contributed by atoms with Gasteiger partial charge in [-0.05, 0) is 20.8 Å². The molecule has 0 radical (unpaired) electrons. The molecule has 0 bridgehead atoms. The van der Waals surface area contributed by atoms with Gasteiger partial charge in [-0.25, -0.2) is 14.4 Å². The molecule has 0 fully saturated rings. The molecule has 0 saturated heterocycles. The average Bonchev–Trinajstić information content (AvgIpc) is 2.88. The molecule has 0 N–H and O–H groups in total. The number of thiophene rings is 1. The molecule has 1 aromatic rings. The van der Waals surface area contributed by atoms with Gasteiger partial charge in [0, 0.05) is 0 Å². The van der Waals surface area contributed by atoms with Crippen LogP contribution >= 0.6 is 11.3 Å². The number of alkyl halides is 3. The van der Waals surface area contributed by atoms with Crippen LogP contribution in [0.3, 0.4) is 0 Å². The Hall–Kier alpha value is -2.10. The standard InChI is InChI=1S/C14H15F3O6S/c1-4-21-11(18)7-8(12(19)22-5-2)10(14(15,16)17)24-9(7)13(20)23-6-3/h4-6H2,1-3H3. The van der Waals surface area contributed by atoms with Crippen LogP contribution < -0.4 is 0 Å². The second-order valence-corrected chi connectivity index (χ2v) is 5.19. The molecule has 0 saturated carbocycles. The Morgan fingerprint density at radius 2 is 1.25 bits per heavy atom. The SMILES string of the molecule is CCOC(=O)c1sc(C(F)(F)F)c(C(=O)OCC)c1C(=O)OCC. The number of halogens is 3. The molecule has 0 aliphatic heterocycles. The largest absolute Gasteiger partial charge is 0.462 e. The summed E-state index contributed by atoms with van der Waals surface area (Å²) in [5, 5.41) is 0. The number of rotatable bonds is 6. The lowest BCUT2D eigenvalue weighted by atomic mass is 10.1. The van der Waals surface area contributed by atoms with E-state index < -0.39 is 45.0 Å². The fourth-order valence-electron chi connectivity index (χ4n) is 1.77. The van der Waals surface area contributed by atoms with Crippen molar-refractivity contribution in [2.24, 2.45) is 0 Å². The number of carbonyl (C=O) groups is 3. The monoisotopic (exact) mass is 368 g/mol. The van der Waals surface area contributed by atoms with E-state index in [0.29, 0.717) is 0 Å². The van der Waals surface area contributed by atoms with Crippen molar-refractivity contribution in [2.45, 2.75) is 26.9 Å². The number of esters is 3. The van der Waals surface area contributed by atoms with Crippen LogP contribution in [0.5, 0.6) is 0 Å². The Balaban J connectivity index is 3.68. The van der Waals surface area contributed by atoms with Gasteiger partial charge in [0.2, 0.25) is 0 Å². The lowest BCUT2D eigenvalue weighted by Gasteiger charge is -2.09. The molecule has 0 amide bonds. The molecule has 6 nitrogen and oxygen atoms in total. The fourth-order valence-corrected chi connectivity index (χ4v) is 2.80. The molecule has 0 spiro atoms. The Bertz CT molecular complexity index is 635. The second kappa shape index (κ2) is 8.13. The third kappa shape index (κ3) is 4.25. The minimum Gasteiger partial charge on any atom is -0.462 e. The van der Waals surface area contributed by atoms with Gasteiger partial charge in [0.1, 0.15) is 15.3 Å². The Kier molecular flexibility index (Phi) is 6.76. The van der Waals surface area contributed by atoms with Crippen molar-refractivity contribution < 1.29 is 41.8 Å². The van der Waals surface area contributed by atoms with Crippen LogP contribution in [0.25, 0.3) is 0 Å². The summed E-state index contributed by atoms with van der Waals surface area (Å²) in [5.74, 6) is -3.73. The van der Waals surface area contributed by atoms with Gasteiger partial charge in [0.25, 0.3) is 0 Å². The van der Waals surface area contributed by atoms with E-state index in [-0.39, 0.29) is 31.2 Å². The summed E-state index contributed by atoms with van der Waals surface area (Å²) in [6.07, 6.45) is -4.96. The molecule has 24 heavy (non-hydrogen) atoms. The number of hydrogen-bond donors (Lipinski definition) is 0. The molecule has 0 aliphatic rings. The zero-order chi connectivity index (χ0) is 18.5. The summed E-state index contributed by atoms with van der Waals surface area (Å²) < 4.78 is 53.6. The molecule has 0 atom stereocenters. The molecule has 0 aromatic carbocycles. The summed E-state index contributed by atoms with van der Waals surface area (Å²) in [6, 6.07) is 0. The highest BCUT2D eigenvalue weighted by atomic mass is 32.1. The number of ether oxygens (including phenoxy) is 3. The maximum Gasteiger partial charge on any atom is 0.426 e. The van der Waals surface area contributed by atoms with Gasteiger partial charge >= 0.3 is 24.1 Å². The Morgan fingerprint density at radius 3 is 1.67 bits per heavy atom. The van der Waals surface area contributed by atoms with Gasteiger partial charge in [0.05, 0.1) is 25.4 Å². The maximum absolute atomic E-state index is 13.2. The number of carbonyl (C=O) groups excluding carboxylic acids is 3. The normalized spacial score (nSPS) is 11.1. The number of hydrogen-bond acceptors (Lipinski definition) is 7. The van der Waals surface area contributed by atoms with E-state index in [1.54, 1.807) is 0 Å². The van der Waals surface area contributed by atoms with Gasteiger partial charge in [-0.1, -0.05) is 0 Å². The predicted molar refractivity (Wildman–Crippen MR) is 77.2 cm³/mol. The summed E-state index contributed by atoms with van der Waals surface area (Å²) in [5.41, 5.74) is -1.82. The summed E-state index contributed by atoms with van der Waals surface area (Å²) in [7, 11) is 0. The summed E-state index contributed by atoms with van der Waals surface area (Å²) in [6.45, 7) is 3.81. The molecule has 1 heterocycles. The third-order valence-electron chi connectivity index (χ3n) is 2.59. The molecule has 0 unspecified atom stereocenters. The van der Waals surface area contributed by atoms with Crippen LogP contribution in [0, 0.1) is 0 Å². The van der Waals surface area contributed by atoms with Crippen molar-refractivity contribution in [3.63, 3.8) is 0 Å². The highest BCUT2D eigenvalue weighted by molar-refractivity contribution is 7.14. The van der Waals surface area contributed by atoms with Crippen molar-refractivity contribution in [1.82, 2.24) is 0 Å². The molecule has 1 rings (SSSR count). The zero-order valence-electron chi connectivity index (χ0n) is 13.1. The van der Waals surface area contributed by atoms with Crippen LogP contribution in [0.4, 0.5) is 13.2 Å². The van der Waals surface area contributed by atoms with Gasteiger partial charge < -0.3 is 14.2 Å². The quantitative estimate of drug-likeness (QED) is 0.566. The fraction of sp³-hybridized carbons (Fsp3) is 0.500. The first-order valence-electron chi connectivity index (χ1n) is 6.94. The van der Waals surface area contributed by atoms with Crippen molar-refractivity contribution in [2.75, 3.05) is 19.8 Å². The van der Waals surface area contributed by atoms with Crippen LogP contribution in [-0.4, -0.2) is 37.7 Å². The lowest BCUT2D eigenvalue weighted by molar-refractivity contribution is -0.134. The van der Waals surface area contributed by atoms with Crippen molar-refractivity contribution in [1.29, 1.82) is 0 Å². The molecular weight excluding hydrogens is 353 g/mol. The van der Waals surface area contributed by atoms with E-state index >= 15 is 0 Å². The first-order chi connectivity index (χ1) is 11.2. The van der Waals surface area contributed by atoms with E-state index in [2.05, 4.69) is 14.2 Å². The van der Waals surface area contributed by atoms with Crippen LogP contribution in [-0.2, 0) is 20.4 Å². The first kappa shape index (κ1) is 19.9. The highest BCUT2D eigenvalue weighted by Crippen LogP contribution is 2.41. The summed E-state index contributed by atoms with van der Waals surface area (Å²) >= 11 is -0.0517. The van der Waals surface area contributed by atoms with Gasteiger partial charge in [0.15, 0.2) is 0 Å². The molecule has 10 heteroatoms. The Labute approximate surface area is 139 Å².